The average Bonchev–Trinajstić information content (AvgIpc) is 3.53. The SMILES string of the molecule is Cc1ccc(C(=O)OC[C@H]2O[C@@H](n3cc(C(=O)[CH2][Ge]([c]4ccccc4)([c]4ccccc4)[c]4ccccc4)c(=O)[nH]c3=O)[C@H](O)[C@@H]2OC(=O)c2ccc(C)cc2)cc1. The molecule has 2 N–H and O–H groups in total. The van der Waals surface area contributed by atoms with E-state index in [9.17, 15) is 29.1 Å². The molecular weight excluding hydrogens is 785 g/mol. The van der Waals surface area contributed by atoms with Crippen molar-refractivity contribution in [1.82, 2.24) is 9.55 Å². The van der Waals surface area contributed by atoms with Crippen LogP contribution in [0.1, 0.15) is 48.4 Å². The monoisotopic (exact) mass is 826 g/mol. The molecular formula is C45H40GeN2O9. The van der Waals surface area contributed by atoms with Gasteiger partial charge >= 0.3 is 271 Å². The van der Waals surface area contributed by atoms with Gasteiger partial charge in [-0.15, -0.1) is 0 Å². The fraction of sp³-hybridized carbons (Fsp3) is 0.178. The summed E-state index contributed by atoms with van der Waals surface area (Å²) in [5, 5.41) is 11.7. The zero-order chi connectivity index (χ0) is 40.1. The van der Waals surface area contributed by atoms with Gasteiger partial charge in [-0.1, -0.05) is 35.4 Å². The molecule has 1 aromatic heterocycles. The number of aromatic nitrogens is 2. The number of ketones is 1. The van der Waals surface area contributed by atoms with Crippen LogP contribution in [0, 0.1) is 13.8 Å². The van der Waals surface area contributed by atoms with E-state index in [1.54, 1.807) is 48.5 Å². The number of nitrogens with zero attached hydrogens (tertiary/aromatic N) is 1. The van der Waals surface area contributed by atoms with Crippen LogP contribution >= 0.6 is 0 Å². The van der Waals surface area contributed by atoms with Crippen LogP contribution in [0.2, 0.25) is 5.25 Å². The fourth-order valence-electron chi connectivity index (χ4n) is 7.22. The quantitative estimate of drug-likeness (QED) is 0.107. The number of esters is 2. The zero-order valence-electron chi connectivity index (χ0n) is 31.2. The molecule has 1 aliphatic rings. The van der Waals surface area contributed by atoms with E-state index in [1.165, 1.54) is 0 Å². The minimum absolute atomic E-state index is 0.0260. The number of hydrogen-bond acceptors (Lipinski definition) is 9. The molecule has 1 saturated heterocycles. The molecule has 0 radical (unpaired) electrons. The van der Waals surface area contributed by atoms with Gasteiger partial charge in [-0.2, -0.15) is 0 Å². The number of hydrogen-bond donors (Lipinski definition) is 2. The van der Waals surface area contributed by atoms with Crippen molar-refractivity contribution in [3.63, 3.8) is 0 Å². The Hall–Kier alpha value is -6.15. The van der Waals surface area contributed by atoms with Crippen molar-refractivity contribution in [2.45, 2.75) is 43.6 Å². The molecule has 0 unspecified atom stereocenters. The van der Waals surface area contributed by atoms with Gasteiger partial charge in [0.25, 0.3) is 0 Å². The third-order valence-electron chi connectivity index (χ3n) is 10.3. The third-order valence-corrected chi connectivity index (χ3v) is 20.4. The van der Waals surface area contributed by atoms with Gasteiger partial charge in [0.1, 0.15) is 0 Å². The second-order valence-corrected chi connectivity index (χ2v) is 22.2. The standard InChI is InChI=1S/C45H40GeN2O9/c1-29-18-22-31(23-19-29)43(52)55-28-38-40(57-44(53)32-24-20-30(2)21-25-32)39(50)42(56-38)48-27-36(41(51)47-45(48)54)37(49)26-46(33-12-6-3-7-13-33,34-14-8-4-9-15-34)35-16-10-5-11-17-35/h3-25,27,38-40,42,50H,26,28H2,1-2H3,(H,47,51,54)/t38-,39-,40-,42-/m1/s1. The molecule has 0 saturated carbocycles. The van der Waals surface area contributed by atoms with E-state index in [-0.39, 0.29) is 21.9 Å². The van der Waals surface area contributed by atoms with E-state index in [1.807, 2.05) is 105 Å². The minimum Gasteiger partial charge on any atom is -0.0585 e. The van der Waals surface area contributed by atoms with E-state index < -0.39 is 73.4 Å². The molecule has 1 aliphatic heterocycles. The summed E-state index contributed by atoms with van der Waals surface area (Å²) in [5.74, 6) is -1.98. The van der Waals surface area contributed by atoms with Gasteiger partial charge in [-0.25, -0.2) is 0 Å². The first-order valence-corrected chi connectivity index (χ1v) is 23.1. The van der Waals surface area contributed by atoms with E-state index >= 15 is 0 Å². The Kier molecular flexibility index (Phi) is 11.6. The molecule has 288 valence electrons. The minimum atomic E-state index is -3.92. The molecule has 7 rings (SSSR count). The summed E-state index contributed by atoms with van der Waals surface area (Å²) >= 11 is -3.92. The summed E-state index contributed by atoms with van der Waals surface area (Å²) in [6.07, 6.45) is -4.83. The van der Waals surface area contributed by atoms with Crippen molar-refractivity contribution in [2.24, 2.45) is 0 Å². The Labute approximate surface area is 330 Å². The van der Waals surface area contributed by atoms with Crippen LogP contribution in [-0.4, -0.2) is 70.6 Å². The van der Waals surface area contributed by atoms with Gasteiger partial charge in [-0.3, -0.25) is 0 Å². The van der Waals surface area contributed by atoms with Gasteiger partial charge in [0.2, 0.25) is 0 Å². The first-order chi connectivity index (χ1) is 27.5. The van der Waals surface area contributed by atoms with E-state index in [2.05, 4.69) is 4.98 Å². The summed E-state index contributed by atoms with van der Waals surface area (Å²) in [6.45, 7) is 3.28. The summed E-state index contributed by atoms with van der Waals surface area (Å²) in [5.41, 5.74) is 0.144. The number of aromatic amines is 1. The molecule has 2 heterocycles. The fourth-order valence-corrected chi connectivity index (χ4v) is 16.8. The Balaban J connectivity index is 1.24. The Morgan fingerprint density at radius 1 is 0.702 bits per heavy atom. The maximum atomic E-state index is 14.6. The average molecular weight is 825 g/mol. The normalized spacial score (nSPS) is 17.8. The number of H-pyrrole nitrogens is 1. The van der Waals surface area contributed by atoms with Crippen LogP contribution in [0.5, 0.6) is 0 Å². The third kappa shape index (κ3) is 8.22. The van der Waals surface area contributed by atoms with Gasteiger partial charge in [0, 0.05) is 0 Å². The number of aliphatic hydroxyl groups excluding tert-OH is 1. The molecule has 57 heavy (non-hydrogen) atoms. The second-order valence-electron chi connectivity index (χ2n) is 14.1. The Morgan fingerprint density at radius 3 is 1.67 bits per heavy atom. The molecule has 0 aliphatic carbocycles. The first-order valence-electron chi connectivity index (χ1n) is 18.5. The van der Waals surface area contributed by atoms with Crippen molar-refractivity contribution in [3.8, 4) is 0 Å². The van der Waals surface area contributed by atoms with E-state index in [0.717, 1.165) is 35.1 Å². The van der Waals surface area contributed by atoms with Crippen LogP contribution in [0.25, 0.3) is 0 Å². The smallest absolute Gasteiger partial charge is 0.0585 e. The molecule has 4 atom stereocenters. The number of aliphatic hydroxyl groups is 1. The summed E-state index contributed by atoms with van der Waals surface area (Å²) in [6, 6.07) is 42.6. The second kappa shape index (κ2) is 16.9. The molecule has 0 amide bonds. The number of rotatable bonds is 12. The molecule has 0 bridgehead atoms. The number of nitrogens with one attached hydrogen (secondary N) is 1. The van der Waals surface area contributed by atoms with Crippen molar-refractivity contribution in [3.05, 3.63) is 194 Å². The molecule has 12 heteroatoms. The van der Waals surface area contributed by atoms with Crippen LogP contribution < -0.4 is 24.4 Å². The predicted octanol–water partition coefficient (Wildman–Crippen LogP) is 3.85. The van der Waals surface area contributed by atoms with Crippen LogP contribution in [0.4, 0.5) is 0 Å². The van der Waals surface area contributed by atoms with Crippen molar-refractivity contribution in [2.75, 3.05) is 6.61 Å². The predicted molar refractivity (Wildman–Crippen MR) is 216 cm³/mol. The van der Waals surface area contributed by atoms with E-state index in [4.69, 9.17) is 14.2 Å². The zero-order valence-corrected chi connectivity index (χ0v) is 33.3. The maximum absolute atomic E-state index is 14.6. The van der Waals surface area contributed by atoms with Gasteiger partial charge in [-0.05, 0) is 26.0 Å². The molecule has 6 aromatic rings. The topological polar surface area (TPSA) is 154 Å². The number of Topliss-reactive ketones (excluding diaryl/α,β-unsaturated/α-hetero) is 1. The number of aryl methyl sites for hydroxylation is 2. The molecule has 11 nitrogen and oxygen atoms in total. The summed E-state index contributed by atoms with van der Waals surface area (Å²) in [7, 11) is 0. The molecule has 0 spiro atoms. The molecule has 5 aromatic carbocycles. The number of carbonyl (C=O) groups is 3. The van der Waals surface area contributed by atoms with Crippen LogP contribution in [0.3, 0.4) is 0 Å². The summed E-state index contributed by atoms with van der Waals surface area (Å²) in [4.78, 5) is 70.2. The Morgan fingerprint density at radius 2 is 1.18 bits per heavy atom. The van der Waals surface area contributed by atoms with Gasteiger partial charge in [0.05, 0.1) is 0 Å². The summed E-state index contributed by atoms with van der Waals surface area (Å²) < 4.78 is 21.3. The number of benzene rings is 5. The van der Waals surface area contributed by atoms with Crippen LogP contribution in [0.15, 0.2) is 155 Å². The van der Waals surface area contributed by atoms with Crippen molar-refractivity contribution in [1.29, 1.82) is 0 Å². The van der Waals surface area contributed by atoms with Gasteiger partial charge < -0.3 is 0 Å². The van der Waals surface area contributed by atoms with E-state index in [0.29, 0.717) is 0 Å². The van der Waals surface area contributed by atoms with Crippen molar-refractivity contribution >= 4 is 44.2 Å². The van der Waals surface area contributed by atoms with Crippen molar-refractivity contribution < 1.29 is 33.7 Å². The number of ether oxygens (including phenoxy) is 3. The molecule has 1 fully saturated rings. The number of carbonyl (C=O) groups excluding carboxylic acids is 3. The first kappa shape index (κ1) is 39.1. The van der Waals surface area contributed by atoms with Crippen LogP contribution in [-0.2, 0) is 14.2 Å². The Bertz CT molecular complexity index is 2390. The van der Waals surface area contributed by atoms with Gasteiger partial charge in [0.15, 0.2) is 0 Å².